The predicted molar refractivity (Wildman–Crippen MR) is 123 cm³/mol. The van der Waals surface area contributed by atoms with E-state index in [-0.39, 0.29) is 5.75 Å². The molecule has 0 bridgehead atoms. The molecule has 0 aliphatic carbocycles. The Kier molecular flexibility index (Phi) is 6.06. The summed E-state index contributed by atoms with van der Waals surface area (Å²) in [5.74, 6) is 0.826. The highest BCUT2D eigenvalue weighted by Gasteiger charge is 2.53. The van der Waals surface area contributed by atoms with Crippen LogP contribution in [-0.4, -0.2) is 50.0 Å². The van der Waals surface area contributed by atoms with Crippen molar-refractivity contribution in [3.05, 3.63) is 53.6 Å². The fraction of sp³-hybridized carbons (Fsp3) is 0.520. The first kappa shape index (κ1) is 24.1. The SMILES string of the molecule is CC(C)(N1CCC2(CCc3cc(-c4ccc(CS(C)(=O)=O)cc4)ccc3O2)CC1)C(F)(F)F. The molecule has 0 unspecified atom stereocenters. The van der Waals surface area contributed by atoms with Crippen LogP contribution >= 0.6 is 0 Å². The van der Waals surface area contributed by atoms with Gasteiger partial charge >= 0.3 is 6.18 Å². The Balaban J connectivity index is 1.45. The summed E-state index contributed by atoms with van der Waals surface area (Å²) in [7, 11) is -3.07. The molecular formula is C25H30F3NO3S. The first-order valence-electron chi connectivity index (χ1n) is 11.2. The number of rotatable bonds is 4. The number of hydrogen-bond donors (Lipinski definition) is 0. The van der Waals surface area contributed by atoms with Gasteiger partial charge in [0.1, 0.15) is 16.9 Å². The Labute approximate surface area is 193 Å². The van der Waals surface area contributed by atoms with Gasteiger partial charge in [-0.3, -0.25) is 4.90 Å². The average molecular weight is 482 g/mol. The fourth-order valence-corrected chi connectivity index (χ4v) is 5.60. The van der Waals surface area contributed by atoms with Crippen LogP contribution in [0, 0.1) is 0 Å². The molecule has 2 aromatic rings. The van der Waals surface area contributed by atoms with E-state index in [1.165, 1.54) is 25.0 Å². The average Bonchev–Trinajstić information content (AvgIpc) is 2.72. The summed E-state index contributed by atoms with van der Waals surface area (Å²) in [6.07, 6.45) is -0.283. The van der Waals surface area contributed by atoms with Crippen LogP contribution in [0.2, 0.25) is 0 Å². The lowest BCUT2D eigenvalue weighted by Gasteiger charge is -2.49. The van der Waals surface area contributed by atoms with Gasteiger partial charge in [-0.15, -0.1) is 0 Å². The second-order valence-electron chi connectivity index (χ2n) is 9.92. The largest absolute Gasteiger partial charge is 0.487 e. The van der Waals surface area contributed by atoms with Gasteiger partial charge < -0.3 is 4.74 Å². The third-order valence-corrected chi connectivity index (χ3v) is 7.97. The van der Waals surface area contributed by atoms with Crippen LogP contribution in [0.5, 0.6) is 5.75 Å². The van der Waals surface area contributed by atoms with Gasteiger partial charge in [-0.25, -0.2) is 8.42 Å². The van der Waals surface area contributed by atoms with Gasteiger partial charge in [0, 0.05) is 19.3 Å². The highest BCUT2D eigenvalue weighted by atomic mass is 32.2. The van der Waals surface area contributed by atoms with Crippen LogP contribution < -0.4 is 4.74 Å². The summed E-state index contributed by atoms with van der Waals surface area (Å²) in [6, 6.07) is 13.5. The van der Waals surface area contributed by atoms with E-state index in [0.29, 0.717) is 25.9 Å². The zero-order valence-corrected chi connectivity index (χ0v) is 20.0. The van der Waals surface area contributed by atoms with Crippen molar-refractivity contribution in [3.8, 4) is 16.9 Å². The molecule has 8 heteroatoms. The normalized spacial score (nSPS) is 19.2. The molecule has 180 valence electrons. The van der Waals surface area contributed by atoms with E-state index in [4.69, 9.17) is 4.74 Å². The van der Waals surface area contributed by atoms with E-state index in [1.54, 1.807) is 0 Å². The third-order valence-electron chi connectivity index (χ3n) is 7.11. The summed E-state index contributed by atoms with van der Waals surface area (Å²) >= 11 is 0. The van der Waals surface area contributed by atoms with E-state index in [1.807, 2.05) is 36.4 Å². The van der Waals surface area contributed by atoms with Crippen molar-refractivity contribution in [2.45, 2.75) is 62.6 Å². The Morgan fingerprint density at radius 2 is 1.58 bits per heavy atom. The monoisotopic (exact) mass is 481 g/mol. The number of alkyl halides is 3. The minimum atomic E-state index is -4.27. The molecule has 4 rings (SSSR count). The molecule has 2 aromatic carbocycles. The van der Waals surface area contributed by atoms with Crippen molar-refractivity contribution in [1.82, 2.24) is 4.90 Å². The minimum absolute atomic E-state index is 0.0188. The Bertz CT molecular complexity index is 1120. The summed E-state index contributed by atoms with van der Waals surface area (Å²) in [6.45, 7) is 3.22. The maximum Gasteiger partial charge on any atom is 0.406 e. The number of ether oxygens (including phenoxy) is 1. The lowest BCUT2D eigenvalue weighted by molar-refractivity contribution is -0.227. The lowest BCUT2D eigenvalue weighted by atomic mass is 9.81. The van der Waals surface area contributed by atoms with E-state index in [9.17, 15) is 21.6 Å². The zero-order chi connectivity index (χ0) is 24.1. The number of sulfone groups is 1. The fourth-order valence-electron chi connectivity index (χ4n) is 4.80. The molecule has 1 spiro atoms. The van der Waals surface area contributed by atoms with Crippen molar-refractivity contribution >= 4 is 9.84 Å². The van der Waals surface area contributed by atoms with Crippen LogP contribution in [-0.2, 0) is 22.0 Å². The number of hydrogen-bond acceptors (Lipinski definition) is 4. The predicted octanol–water partition coefficient (Wildman–Crippen LogP) is 5.40. The molecule has 1 saturated heterocycles. The molecule has 0 aromatic heterocycles. The Morgan fingerprint density at radius 3 is 2.15 bits per heavy atom. The molecule has 33 heavy (non-hydrogen) atoms. The Hall–Kier alpha value is -2.06. The first-order chi connectivity index (χ1) is 15.3. The molecule has 2 heterocycles. The molecule has 0 saturated carbocycles. The summed E-state index contributed by atoms with van der Waals surface area (Å²) < 4.78 is 69.6. The van der Waals surface area contributed by atoms with E-state index in [0.717, 1.165) is 40.8 Å². The van der Waals surface area contributed by atoms with Gasteiger partial charge in [0.2, 0.25) is 0 Å². The standard InChI is InChI=1S/C25H30F3NO3S/c1-23(2,25(26,27)28)29-14-12-24(13-15-29)11-10-21-16-20(8-9-22(21)32-24)19-6-4-18(5-7-19)17-33(3,30)31/h4-9,16H,10-15,17H2,1-3H3. The molecule has 0 radical (unpaired) electrons. The minimum Gasteiger partial charge on any atom is -0.487 e. The highest BCUT2D eigenvalue weighted by molar-refractivity contribution is 7.89. The van der Waals surface area contributed by atoms with Gasteiger partial charge in [0.25, 0.3) is 0 Å². The van der Waals surface area contributed by atoms with Crippen molar-refractivity contribution in [1.29, 1.82) is 0 Å². The molecule has 4 nitrogen and oxygen atoms in total. The van der Waals surface area contributed by atoms with Gasteiger partial charge in [0.05, 0.1) is 5.75 Å². The quantitative estimate of drug-likeness (QED) is 0.587. The van der Waals surface area contributed by atoms with Crippen LogP contribution in [0.1, 0.15) is 44.2 Å². The molecule has 0 atom stereocenters. The highest BCUT2D eigenvalue weighted by Crippen LogP contribution is 2.43. The number of likely N-dealkylation sites (tertiary alicyclic amines) is 1. The molecule has 2 aliphatic heterocycles. The van der Waals surface area contributed by atoms with Crippen LogP contribution in [0.25, 0.3) is 11.1 Å². The van der Waals surface area contributed by atoms with E-state index < -0.39 is 27.2 Å². The van der Waals surface area contributed by atoms with Crippen LogP contribution in [0.3, 0.4) is 0 Å². The molecule has 1 fully saturated rings. The zero-order valence-electron chi connectivity index (χ0n) is 19.2. The molecule has 0 N–H and O–H groups in total. The molecule has 0 amide bonds. The summed E-state index contributed by atoms with van der Waals surface area (Å²) in [5.41, 5.74) is 1.63. The van der Waals surface area contributed by atoms with Crippen molar-refractivity contribution < 1.29 is 26.3 Å². The van der Waals surface area contributed by atoms with Crippen LogP contribution in [0.4, 0.5) is 13.2 Å². The van der Waals surface area contributed by atoms with Crippen molar-refractivity contribution in [2.24, 2.45) is 0 Å². The van der Waals surface area contributed by atoms with Gasteiger partial charge in [-0.2, -0.15) is 13.2 Å². The first-order valence-corrected chi connectivity index (χ1v) is 13.2. The number of piperidine rings is 1. The number of nitrogens with zero attached hydrogens (tertiary/aromatic N) is 1. The lowest BCUT2D eigenvalue weighted by Crippen LogP contribution is -2.60. The van der Waals surface area contributed by atoms with Crippen molar-refractivity contribution in [3.63, 3.8) is 0 Å². The van der Waals surface area contributed by atoms with Gasteiger partial charge in [-0.1, -0.05) is 30.3 Å². The topological polar surface area (TPSA) is 46.6 Å². The third kappa shape index (κ3) is 5.06. The van der Waals surface area contributed by atoms with E-state index in [2.05, 4.69) is 6.07 Å². The smallest absolute Gasteiger partial charge is 0.406 e. The number of halogens is 3. The van der Waals surface area contributed by atoms with Crippen LogP contribution in [0.15, 0.2) is 42.5 Å². The number of fused-ring (bicyclic) bond motifs is 1. The summed E-state index contributed by atoms with van der Waals surface area (Å²) in [4.78, 5) is 1.52. The maximum absolute atomic E-state index is 13.4. The molecule has 2 aliphatic rings. The summed E-state index contributed by atoms with van der Waals surface area (Å²) in [5, 5.41) is 0. The van der Waals surface area contributed by atoms with Crippen molar-refractivity contribution in [2.75, 3.05) is 19.3 Å². The number of aryl methyl sites for hydroxylation is 1. The molecular weight excluding hydrogens is 451 g/mol. The number of benzene rings is 2. The maximum atomic E-state index is 13.4. The Morgan fingerprint density at radius 1 is 0.970 bits per heavy atom. The van der Waals surface area contributed by atoms with Gasteiger partial charge in [0.15, 0.2) is 9.84 Å². The van der Waals surface area contributed by atoms with E-state index >= 15 is 0 Å². The van der Waals surface area contributed by atoms with Gasteiger partial charge in [-0.05, 0) is 73.9 Å². The second kappa shape index (κ2) is 8.31. The second-order valence-corrected chi connectivity index (χ2v) is 12.1.